The normalized spacial score (nSPS) is 18.2. The number of amides is 1. The van der Waals surface area contributed by atoms with E-state index in [-0.39, 0.29) is 12.1 Å². The topological polar surface area (TPSA) is 68.5 Å². The van der Waals surface area contributed by atoms with Crippen molar-refractivity contribution in [2.24, 2.45) is 0 Å². The minimum absolute atomic E-state index is 0.187. The van der Waals surface area contributed by atoms with Crippen LogP contribution in [-0.2, 0) is 17.6 Å². The van der Waals surface area contributed by atoms with Crippen LogP contribution in [0.1, 0.15) is 51.1 Å². The monoisotopic (exact) mass is 311 g/mol. The van der Waals surface area contributed by atoms with Gasteiger partial charge >= 0.3 is 6.09 Å². The van der Waals surface area contributed by atoms with Crippen molar-refractivity contribution in [3.05, 3.63) is 10.6 Å². The standard InChI is InChI=1S/C15H25N3O2S/c1-5-8-18(14(19)20-15(2,3)4)10-6-7-11-12(9-10)21-13(16)17-11/h10H,5-9H2,1-4H3,(H2,16,17). The van der Waals surface area contributed by atoms with Crippen LogP contribution in [0.3, 0.4) is 0 Å². The van der Waals surface area contributed by atoms with E-state index in [4.69, 9.17) is 10.5 Å². The molecule has 21 heavy (non-hydrogen) atoms. The molecular weight excluding hydrogens is 286 g/mol. The predicted molar refractivity (Wildman–Crippen MR) is 85.6 cm³/mol. The summed E-state index contributed by atoms with van der Waals surface area (Å²) in [6.45, 7) is 8.51. The third-order valence-corrected chi connectivity index (χ3v) is 4.41. The number of carbonyl (C=O) groups excluding carboxylic acids is 1. The Balaban J connectivity index is 2.10. The number of nitrogen functional groups attached to an aromatic ring is 1. The third kappa shape index (κ3) is 4.09. The second-order valence-electron chi connectivity index (χ2n) is 6.49. The predicted octanol–water partition coefficient (Wildman–Crippen LogP) is 3.23. The van der Waals surface area contributed by atoms with E-state index < -0.39 is 5.60 Å². The van der Waals surface area contributed by atoms with Crippen LogP contribution < -0.4 is 5.73 Å². The Morgan fingerprint density at radius 1 is 1.52 bits per heavy atom. The zero-order chi connectivity index (χ0) is 15.6. The van der Waals surface area contributed by atoms with E-state index in [0.29, 0.717) is 5.13 Å². The zero-order valence-electron chi connectivity index (χ0n) is 13.3. The lowest BCUT2D eigenvalue weighted by Gasteiger charge is -2.35. The van der Waals surface area contributed by atoms with E-state index in [1.165, 1.54) is 4.88 Å². The molecule has 0 aliphatic heterocycles. The molecule has 5 nitrogen and oxygen atoms in total. The first-order chi connectivity index (χ1) is 9.80. The Morgan fingerprint density at radius 2 is 2.24 bits per heavy atom. The lowest BCUT2D eigenvalue weighted by atomic mass is 9.96. The van der Waals surface area contributed by atoms with Crippen LogP contribution >= 0.6 is 11.3 Å². The highest BCUT2D eigenvalue weighted by atomic mass is 32.1. The molecule has 2 rings (SSSR count). The number of nitrogens with zero attached hydrogens (tertiary/aromatic N) is 2. The highest BCUT2D eigenvalue weighted by molar-refractivity contribution is 7.15. The van der Waals surface area contributed by atoms with E-state index in [2.05, 4.69) is 11.9 Å². The summed E-state index contributed by atoms with van der Waals surface area (Å²) in [6.07, 6.45) is 3.36. The van der Waals surface area contributed by atoms with Crippen molar-refractivity contribution in [1.82, 2.24) is 9.88 Å². The molecule has 1 atom stereocenters. The molecule has 1 aliphatic carbocycles. The van der Waals surface area contributed by atoms with Gasteiger partial charge < -0.3 is 15.4 Å². The van der Waals surface area contributed by atoms with Crippen LogP contribution in [0, 0.1) is 0 Å². The van der Waals surface area contributed by atoms with Gasteiger partial charge in [-0.2, -0.15) is 0 Å². The maximum atomic E-state index is 12.4. The number of anilines is 1. The number of aromatic nitrogens is 1. The van der Waals surface area contributed by atoms with Crippen LogP contribution in [0.4, 0.5) is 9.93 Å². The summed E-state index contributed by atoms with van der Waals surface area (Å²) in [5, 5.41) is 0.625. The molecule has 6 heteroatoms. The number of rotatable bonds is 3. The smallest absolute Gasteiger partial charge is 0.410 e. The van der Waals surface area contributed by atoms with Crippen molar-refractivity contribution in [1.29, 1.82) is 0 Å². The molecule has 1 aliphatic rings. The van der Waals surface area contributed by atoms with Gasteiger partial charge in [0.25, 0.3) is 0 Å². The van der Waals surface area contributed by atoms with Gasteiger partial charge in [0.05, 0.1) is 5.69 Å². The first-order valence-electron chi connectivity index (χ1n) is 7.54. The highest BCUT2D eigenvalue weighted by Gasteiger charge is 2.31. The van der Waals surface area contributed by atoms with E-state index in [1.807, 2.05) is 25.7 Å². The Bertz CT molecular complexity index is 508. The van der Waals surface area contributed by atoms with Crippen LogP contribution in [-0.4, -0.2) is 34.2 Å². The third-order valence-electron chi connectivity index (χ3n) is 3.46. The summed E-state index contributed by atoms with van der Waals surface area (Å²) in [7, 11) is 0. The van der Waals surface area contributed by atoms with E-state index >= 15 is 0 Å². The zero-order valence-corrected chi connectivity index (χ0v) is 14.1. The summed E-state index contributed by atoms with van der Waals surface area (Å²) < 4.78 is 5.55. The highest BCUT2D eigenvalue weighted by Crippen LogP contribution is 2.30. The number of nitrogens with two attached hydrogens (primary N) is 1. The summed E-state index contributed by atoms with van der Waals surface area (Å²) in [5.74, 6) is 0. The van der Waals surface area contributed by atoms with Crippen molar-refractivity contribution in [3.63, 3.8) is 0 Å². The number of aryl methyl sites for hydroxylation is 1. The molecule has 0 fully saturated rings. The Labute approximate surface area is 130 Å². The fourth-order valence-electron chi connectivity index (χ4n) is 2.63. The van der Waals surface area contributed by atoms with Crippen molar-refractivity contribution in [2.45, 2.75) is 65.0 Å². The van der Waals surface area contributed by atoms with E-state index in [0.717, 1.165) is 37.9 Å². The van der Waals surface area contributed by atoms with Crippen LogP contribution in [0.2, 0.25) is 0 Å². The molecule has 0 bridgehead atoms. The van der Waals surface area contributed by atoms with Crippen molar-refractivity contribution in [2.75, 3.05) is 12.3 Å². The summed E-state index contributed by atoms with van der Waals surface area (Å²) in [4.78, 5) is 19.9. The molecular formula is C15H25N3O2S. The summed E-state index contributed by atoms with van der Waals surface area (Å²) in [5.41, 5.74) is 6.43. The second kappa shape index (κ2) is 6.22. The fourth-order valence-corrected chi connectivity index (χ4v) is 3.58. The van der Waals surface area contributed by atoms with Crippen molar-refractivity contribution < 1.29 is 9.53 Å². The number of fused-ring (bicyclic) bond motifs is 1. The Kier molecular flexibility index (Phi) is 4.76. The average Bonchev–Trinajstić information content (AvgIpc) is 2.72. The lowest BCUT2D eigenvalue weighted by Crippen LogP contribution is -2.46. The van der Waals surface area contributed by atoms with Crippen molar-refractivity contribution >= 4 is 22.6 Å². The van der Waals surface area contributed by atoms with E-state index in [1.54, 1.807) is 11.3 Å². The van der Waals surface area contributed by atoms with Gasteiger partial charge in [-0.15, -0.1) is 11.3 Å². The maximum Gasteiger partial charge on any atom is 0.410 e. The van der Waals surface area contributed by atoms with Gasteiger partial charge in [0.2, 0.25) is 0 Å². The number of hydrogen-bond acceptors (Lipinski definition) is 5. The molecule has 1 aromatic heterocycles. The number of carbonyl (C=O) groups is 1. The molecule has 1 unspecified atom stereocenters. The first kappa shape index (κ1) is 16.1. The van der Waals surface area contributed by atoms with Gasteiger partial charge in [-0.05, 0) is 40.0 Å². The molecule has 118 valence electrons. The molecule has 0 saturated heterocycles. The minimum Gasteiger partial charge on any atom is -0.444 e. The molecule has 1 aromatic rings. The molecule has 0 radical (unpaired) electrons. The van der Waals surface area contributed by atoms with Crippen LogP contribution in [0.25, 0.3) is 0 Å². The lowest BCUT2D eigenvalue weighted by molar-refractivity contribution is 0.0147. The summed E-state index contributed by atoms with van der Waals surface area (Å²) in [6, 6.07) is 0.187. The van der Waals surface area contributed by atoms with Gasteiger partial charge in [0, 0.05) is 23.9 Å². The van der Waals surface area contributed by atoms with Crippen LogP contribution in [0.5, 0.6) is 0 Å². The molecule has 2 N–H and O–H groups in total. The Morgan fingerprint density at radius 3 is 2.86 bits per heavy atom. The molecule has 0 saturated carbocycles. The molecule has 1 heterocycles. The number of thiazole rings is 1. The minimum atomic E-state index is -0.460. The average molecular weight is 311 g/mol. The van der Waals surface area contributed by atoms with E-state index in [9.17, 15) is 4.79 Å². The van der Waals surface area contributed by atoms with Gasteiger partial charge in [-0.3, -0.25) is 0 Å². The molecule has 0 aromatic carbocycles. The number of ether oxygens (including phenoxy) is 1. The van der Waals surface area contributed by atoms with Gasteiger partial charge in [-0.1, -0.05) is 6.92 Å². The molecule has 0 spiro atoms. The van der Waals surface area contributed by atoms with Gasteiger partial charge in [0.1, 0.15) is 5.60 Å². The first-order valence-corrected chi connectivity index (χ1v) is 8.35. The summed E-state index contributed by atoms with van der Waals surface area (Å²) >= 11 is 1.54. The van der Waals surface area contributed by atoms with Crippen molar-refractivity contribution in [3.8, 4) is 0 Å². The molecule has 1 amide bonds. The second-order valence-corrected chi connectivity index (χ2v) is 7.61. The quantitative estimate of drug-likeness (QED) is 0.930. The maximum absolute atomic E-state index is 12.4. The largest absolute Gasteiger partial charge is 0.444 e. The van der Waals surface area contributed by atoms with Gasteiger partial charge in [0.15, 0.2) is 5.13 Å². The Hall–Kier alpha value is -1.30. The van der Waals surface area contributed by atoms with Gasteiger partial charge in [-0.25, -0.2) is 9.78 Å². The van der Waals surface area contributed by atoms with Crippen LogP contribution in [0.15, 0.2) is 0 Å². The SMILES string of the molecule is CCCN(C(=O)OC(C)(C)C)C1CCc2nc(N)sc2C1. The fraction of sp³-hybridized carbons (Fsp3) is 0.733. The number of hydrogen-bond donors (Lipinski definition) is 1.